The van der Waals surface area contributed by atoms with Crippen LogP contribution in [0.15, 0.2) is 53.5 Å². The zero-order chi connectivity index (χ0) is 22.6. The van der Waals surface area contributed by atoms with Crippen LogP contribution >= 0.6 is 0 Å². The minimum Gasteiger partial charge on any atom is -0.445 e. The maximum atomic E-state index is 12.0. The van der Waals surface area contributed by atoms with Crippen LogP contribution in [0.4, 0.5) is 4.79 Å². The molecule has 0 aliphatic carbocycles. The van der Waals surface area contributed by atoms with Crippen molar-refractivity contribution >= 4 is 23.3 Å². The van der Waals surface area contributed by atoms with Crippen LogP contribution in [0.1, 0.15) is 47.1 Å². The number of hydrogen-bond acceptors (Lipinski definition) is 6. The smallest absolute Gasteiger partial charge is 0.445 e. The van der Waals surface area contributed by atoms with Gasteiger partial charge in [0.25, 0.3) is 0 Å². The Morgan fingerprint density at radius 1 is 0.935 bits per heavy atom. The molecule has 1 N–H and O–H groups in total. The number of benzene rings is 2. The van der Waals surface area contributed by atoms with E-state index in [-0.39, 0.29) is 12.6 Å². The SMILES string of the molecule is CC(C)(C)OC(=O)OC(=NCc1ccc(-c2nc3ccccc3[nH]2)cc1)OC(C)(C)C. The standard InChI is InChI=1S/C24H29N3O4/c1-23(2,3)30-21(29-22(28)31-24(4,5)6)25-15-16-11-13-17(14-12-16)20-26-18-9-7-8-10-19(18)27-20/h7-14H,15H2,1-6H3,(H,26,27). The Bertz CT molecular complexity index is 1040. The summed E-state index contributed by atoms with van der Waals surface area (Å²) in [6.45, 7) is 11.1. The number of nitrogens with one attached hydrogen (secondary N) is 1. The fraction of sp³-hybridized carbons (Fsp3) is 0.375. The van der Waals surface area contributed by atoms with Crippen LogP contribution in [0, 0.1) is 0 Å². The van der Waals surface area contributed by atoms with Gasteiger partial charge in [-0.3, -0.25) is 0 Å². The van der Waals surface area contributed by atoms with E-state index in [1.165, 1.54) is 0 Å². The summed E-state index contributed by atoms with van der Waals surface area (Å²) in [6, 6.07) is 15.8. The second-order valence-electron chi connectivity index (χ2n) is 9.16. The molecule has 7 nitrogen and oxygen atoms in total. The van der Waals surface area contributed by atoms with Crippen LogP contribution < -0.4 is 0 Å². The number of nitrogens with zero attached hydrogens (tertiary/aromatic N) is 2. The molecule has 0 saturated carbocycles. The molecule has 0 fully saturated rings. The van der Waals surface area contributed by atoms with E-state index in [1.807, 2.05) is 69.3 Å². The first-order chi connectivity index (χ1) is 14.5. The summed E-state index contributed by atoms with van der Waals surface area (Å²) >= 11 is 0. The van der Waals surface area contributed by atoms with E-state index in [9.17, 15) is 4.79 Å². The van der Waals surface area contributed by atoms with Crippen molar-refractivity contribution in [1.82, 2.24) is 9.97 Å². The Hall–Kier alpha value is -3.35. The van der Waals surface area contributed by atoms with Gasteiger partial charge in [0.15, 0.2) is 0 Å². The summed E-state index contributed by atoms with van der Waals surface area (Å²) in [5, 5.41) is 0. The predicted molar refractivity (Wildman–Crippen MR) is 121 cm³/mol. The second kappa shape index (κ2) is 8.79. The van der Waals surface area contributed by atoms with E-state index in [0.29, 0.717) is 0 Å². The minimum absolute atomic E-state index is 0.122. The maximum absolute atomic E-state index is 12.0. The van der Waals surface area contributed by atoms with Gasteiger partial charge in [0.2, 0.25) is 0 Å². The highest BCUT2D eigenvalue weighted by Gasteiger charge is 2.23. The molecular weight excluding hydrogens is 394 g/mol. The van der Waals surface area contributed by atoms with E-state index in [0.717, 1.165) is 28.0 Å². The summed E-state index contributed by atoms with van der Waals surface area (Å²) in [5.41, 5.74) is 2.58. The molecule has 164 valence electrons. The molecule has 0 aliphatic heterocycles. The number of carbonyl (C=O) groups is 1. The number of para-hydroxylation sites is 2. The minimum atomic E-state index is -0.851. The van der Waals surface area contributed by atoms with Gasteiger partial charge in [0.1, 0.15) is 17.0 Å². The highest BCUT2D eigenvalue weighted by atomic mass is 16.8. The van der Waals surface area contributed by atoms with Crippen molar-refractivity contribution in [2.75, 3.05) is 0 Å². The Kier molecular flexibility index (Phi) is 6.34. The Labute approximate surface area is 182 Å². The number of aromatic nitrogens is 2. The lowest BCUT2D eigenvalue weighted by molar-refractivity contribution is -0.00129. The summed E-state index contributed by atoms with van der Waals surface area (Å²) < 4.78 is 16.1. The van der Waals surface area contributed by atoms with Gasteiger partial charge in [-0.1, -0.05) is 36.4 Å². The average molecular weight is 424 g/mol. The third-order valence-corrected chi connectivity index (χ3v) is 3.96. The molecule has 31 heavy (non-hydrogen) atoms. The van der Waals surface area contributed by atoms with Crippen molar-refractivity contribution in [1.29, 1.82) is 0 Å². The van der Waals surface area contributed by atoms with Crippen LogP contribution in [-0.4, -0.2) is 33.4 Å². The molecule has 2 aromatic carbocycles. The van der Waals surface area contributed by atoms with Gasteiger partial charge >= 0.3 is 12.2 Å². The van der Waals surface area contributed by atoms with Crippen molar-refractivity contribution in [3.05, 3.63) is 54.1 Å². The first-order valence-corrected chi connectivity index (χ1v) is 10.2. The Balaban J connectivity index is 1.72. The van der Waals surface area contributed by atoms with E-state index in [4.69, 9.17) is 14.2 Å². The lowest BCUT2D eigenvalue weighted by Gasteiger charge is -2.23. The van der Waals surface area contributed by atoms with E-state index >= 15 is 0 Å². The number of aromatic amines is 1. The number of rotatable bonds is 3. The molecule has 1 heterocycles. The quantitative estimate of drug-likeness (QED) is 0.324. The van der Waals surface area contributed by atoms with Gasteiger partial charge in [0.05, 0.1) is 17.6 Å². The zero-order valence-corrected chi connectivity index (χ0v) is 18.9. The third kappa shape index (κ3) is 6.84. The van der Waals surface area contributed by atoms with Crippen molar-refractivity contribution < 1.29 is 19.0 Å². The Morgan fingerprint density at radius 2 is 1.58 bits per heavy atom. The molecule has 1 aromatic heterocycles. The van der Waals surface area contributed by atoms with Crippen molar-refractivity contribution in [3.63, 3.8) is 0 Å². The van der Waals surface area contributed by atoms with Crippen molar-refractivity contribution in [3.8, 4) is 11.4 Å². The van der Waals surface area contributed by atoms with Crippen LogP contribution in [0.2, 0.25) is 0 Å². The molecule has 7 heteroatoms. The highest BCUT2D eigenvalue weighted by Crippen LogP contribution is 2.21. The van der Waals surface area contributed by atoms with Gasteiger partial charge in [-0.05, 0) is 59.2 Å². The van der Waals surface area contributed by atoms with Gasteiger partial charge < -0.3 is 19.2 Å². The van der Waals surface area contributed by atoms with E-state index < -0.39 is 17.4 Å². The molecule has 0 aliphatic rings. The summed E-state index contributed by atoms with van der Waals surface area (Å²) in [7, 11) is 0. The molecule has 3 aromatic rings. The largest absolute Gasteiger partial charge is 0.517 e. The van der Waals surface area contributed by atoms with E-state index in [2.05, 4.69) is 15.0 Å². The fourth-order valence-corrected chi connectivity index (χ4v) is 2.70. The van der Waals surface area contributed by atoms with Crippen LogP contribution in [0.5, 0.6) is 0 Å². The van der Waals surface area contributed by atoms with Gasteiger partial charge in [-0.15, -0.1) is 0 Å². The lowest BCUT2D eigenvalue weighted by Crippen LogP contribution is -2.30. The number of ether oxygens (including phenoxy) is 3. The number of carbonyl (C=O) groups excluding carboxylic acids is 1. The predicted octanol–water partition coefficient (Wildman–Crippen LogP) is 5.85. The van der Waals surface area contributed by atoms with Crippen LogP contribution in [0.3, 0.4) is 0 Å². The topological polar surface area (TPSA) is 85.8 Å². The molecule has 3 rings (SSSR count). The highest BCUT2D eigenvalue weighted by molar-refractivity contribution is 5.81. The van der Waals surface area contributed by atoms with Crippen LogP contribution in [0.25, 0.3) is 22.4 Å². The summed E-state index contributed by atoms with van der Waals surface area (Å²) in [4.78, 5) is 24.3. The van der Waals surface area contributed by atoms with Gasteiger partial charge in [0, 0.05) is 5.56 Å². The summed E-state index contributed by atoms with van der Waals surface area (Å²) in [5.74, 6) is 0.807. The first kappa shape index (κ1) is 22.3. The third-order valence-electron chi connectivity index (χ3n) is 3.96. The van der Waals surface area contributed by atoms with Crippen molar-refractivity contribution in [2.24, 2.45) is 4.99 Å². The Morgan fingerprint density at radius 3 is 2.19 bits per heavy atom. The van der Waals surface area contributed by atoms with Crippen molar-refractivity contribution in [2.45, 2.75) is 59.3 Å². The molecular formula is C24H29N3O4. The number of aliphatic imine (C=N–C) groups is 1. The molecule has 0 bridgehead atoms. The van der Waals surface area contributed by atoms with Gasteiger partial charge in [-0.25, -0.2) is 14.8 Å². The zero-order valence-electron chi connectivity index (χ0n) is 18.9. The molecule has 0 unspecified atom stereocenters. The summed E-state index contributed by atoms with van der Waals surface area (Å²) in [6.07, 6.45) is -0.973. The molecule has 0 atom stereocenters. The molecule has 0 spiro atoms. The van der Waals surface area contributed by atoms with Gasteiger partial charge in [-0.2, -0.15) is 0 Å². The van der Waals surface area contributed by atoms with Crippen LogP contribution in [-0.2, 0) is 20.8 Å². The number of H-pyrrole nitrogens is 1. The number of imidazole rings is 1. The number of hydrogen-bond donors (Lipinski definition) is 1. The number of fused-ring (bicyclic) bond motifs is 1. The first-order valence-electron chi connectivity index (χ1n) is 10.2. The molecule has 0 saturated heterocycles. The normalized spacial score (nSPS) is 12.6. The second-order valence-corrected chi connectivity index (χ2v) is 9.16. The maximum Gasteiger partial charge on any atom is 0.517 e. The van der Waals surface area contributed by atoms with E-state index in [1.54, 1.807) is 20.8 Å². The average Bonchev–Trinajstić information content (AvgIpc) is 3.08. The molecule has 0 amide bonds. The lowest BCUT2D eigenvalue weighted by atomic mass is 10.1. The fourth-order valence-electron chi connectivity index (χ4n) is 2.70. The molecule has 0 radical (unpaired) electrons. The monoisotopic (exact) mass is 423 g/mol.